The van der Waals surface area contributed by atoms with Crippen LogP contribution in [0.4, 0.5) is 0 Å². The number of methoxy groups -OCH3 is 1. The summed E-state index contributed by atoms with van der Waals surface area (Å²) in [4.78, 5) is 22.4. The fraction of sp³-hybridized carbons (Fsp3) is 0.455. The van der Waals surface area contributed by atoms with Crippen molar-refractivity contribution in [2.24, 2.45) is 0 Å². The van der Waals surface area contributed by atoms with E-state index in [1.54, 1.807) is 6.92 Å². The SMILES string of the molecule is C=C(/C=C(\C)C(=O)OCC1CO1)C(=O)OC. The molecule has 1 atom stereocenters. The van der Waals surface area contributed by atoms with Crippen LogP contribution in [-0.4, -0.2) is 38.4 Å². The van der Waals surface area contributed by atoms with Crippen LogP contribution < -0.4 is 0 Å². The Labute approximate surface area is 93.7 Å². The normalized spacial score (nSPS) is 18.9. The number of carbonyl (C=O) groups excluding carboxylic acids is 2. The van der Waals surface area contributed by atoms with Crippen LogP contribution in [-0.2, 0) is 23.8 Å². The predicted octanol–water partition coefficient (Wildman–Crippen LogP) is 0.604. The van der Waals surface area contributed by atoms with Gasteiger partial charge in [0, 0.05) is 5.57 Å². The van der Waals surface area contributed by atoms with Crippen molar-refractivity contribution in [2.75, 3.05) is 20.3 Å². The molecule has 1 aliphatic heterocycles. The van der Waals surface area contributed by atoms with Gasteiger partial charge in [0.25, 0.3) is 0 Å². The lowest BCUT2D eigenvalue weighted by atomic mass is 10.2. The Hall–Kier alpha value is -1.62. The number of hydrogen-bond acceptors (Lipinski definition) is 5. The molecule has 1 rings (SSSR count). The Kier molecular flexibility index (Phi) is 4.25. The summed E-state index contributed by atoms with van der Waals surface area (Å²) in [5, 5.41) is 0. The molecule has 0 saturated carbocycles. The minimum absolute atomic E-state index is 0.0283. The average Bonchev–Trinajstić information content (AvgIpc) is 3.08. The molecule has 5 heteroatoms. The van der Waals surface area contributed by atoms with Crippen LogP contribution in [0, 0.1) is 0 Å². The summed E-state index contributed by atoms with van der Waals surface area (Å²) >= 11 is 0. The molecule has 16 heavy (non-hydrogen) atoms. The van der Waals surface area contributed by atoms with E-state index in [0.717, 1.165) is 0 Å². The van der Waals surface area contributed by atoms with Crippen molar-refractivity contribution in [3.8, 4) is 0 Å². The third-order valence-electron chi connectivity index (χ3n) is 1.96. The minimum Gasteiger partial charge on any atom is -0.465 e. The first kappa shape index (κ1) is 12.4. The third kappa shape index (κ3) is 3.86. The molecule has 1 fully saturated rings. The highest BCUT2D eigenvalue weighted by Gasteiger charge is 2.24. The number of epoxide rings is 1. The number of esters is 2. The van der Waals surface area contributed by atoms with Gasteiger partial charge in [-0.15, -0.1) is 0 Å². The van der Waals surface area contributed by atoms with Gasteiger partial charge < -0.3 is 14.2 Å². The van der Waals surface area contributed by atoms with Crippen LogP contribution in [0.25, 0.3) is 0 Å². The first-order valence-electron chi connectivity index (χ1n) is 4.79. The van der Waals surface area contributed by atoms with Gasteiger partial charge in [-0.05, 0) is 13.0 Å². The van der Waals surface area contributed by atoms with Crippen molar-refractivity contribution in [1.29, 1.82) is 0 Å². The lowest BCUT2D eigenvalue weighted by Crippen LogP contribution is -2.11. The minimum atomic E-state index is -0.572. The van der Waals surface area contributed by atoms with E-state index in [2.05, 4.69) is 11.3 Å². The highest BCUT2D eigenvalue weighted by Crippen LogP contribution is 2.10. The molecule has 1 heterocycles. The second-order valence-electron chi connectivity index (χ2n) is 3.40. The molecule has 0 bridgehead atoms. The predicted molar refractivity (Wildman–Crippen MR) is 55.6 cm³/mol. The van der Waals surface area contributed by atoms with Crippen LogP contribution in [0.2, 0.25) is 0 Å². The van der Waals surface area contributed by atoms with E-state index in [9.17, 15) is 9.59 Å². The maximum atomic E-state index is 11.4. The quantitative estimate of drug-likeness (QED) is 0.297. The summed E-state index contributed by atoms with van der Waals surface area (Å²) in [5.41, 5.74) is 0.413. The van der Waals surface area contributed by atoms with E-state index in [-0.39, 0.29) is 18.3 Å². The smallest absolute Gasteiger partial charge is 0.337 e. The van der Waals surface area contributed by atoms with E-state index in [1.807, 2.05) is 0 Å². The Balaban J connectivity index is 2.43. The molecule has 1 saturated heterocycles. The zero-order valence-corrected chi connectivity index (χ0v) is 9.32. The van der Waals surface area contributed by atoms with Crippen LogP contribution in [0.3, 0.4) is 0 Å². The summed E-state index contributed by atoms with van der Waals surface area (Å²) < 4.78 is 14.2. The third-order valence-corrected chi connectivity index (χ3v) is 1.96. The van der Waals surface area contributed by atoms with E-state index in [1.165, 1.54) is 13.2 Å². The van der Waals surface area contributed by atoms with Crippen LogP contribution in [0.5, 0.6) is 0 Å². The Morgan fingerprint density at radius 3 is 2.62 bits per heavy atom. The summed E-state index contributed by atoms with van der Waals surface area (Å²) in [5.74, 6) is -1.06. The molecular weight excluding hydrogens is 212 g/mol. The zero-order valence-electron chi connectivity index (χ0n) is 9.32. The van der Waals surface area contributed by atoms with Crippen molar-refractivity contribution in [1.82, 2.24) is 0 Å². The Morgan fingerprint density at radius 2 is 2.12 bits per heavy atom. The van der Waals surface area contributed by atoms with Crippen LogP contribution in [0.15, 0.2) is 23.8 Å². The van der Waals surface area contributed by atoms with Gasteiger partial charge in [-0.3, -0.25) is 0 Å². The molecule has 0 radical (unpaired) electrons. The molecule has 1 aliphatic rings. The molecule has 0 aromatic rings. The highest BCUT2D eigenvalue weighted by atomic mass is 16.6. The zero-order chi connectivity index (χ0) is 12.1. The van der Waals surface area contributed by atoms with Gasteiger partial charge in [0.1, 0.15) is 12.7 Å². The Morgan fingerprint density at radius 1 is 1.50 bits per heavy atom. The maximum Gasteiger partial charge on any atom is 0.337 e. The van der Waals surface area contributed by atoms with Crippen molar-refractivity contribution < 1.29 is 23.8 Å². The Bertz CT molecular complexity index is 338. The maximum absolute atomic E-state index is 11.4. The molecule has 1 unspecified atom stereocenters. The second kappa shape index (κ2) is 5.46. The number of carbonyl (C=O) groups is 2. The molecular formula is C11H14O5. The van der Waals surface area contributed by atoms with Gasteiger partial charge in [-0.25, -0.2) is 9.59 Å². The first-order valence-corrected chi connectivity index (χ1v) is 4.79. The van der Waals surface area contributed by atoms with Gasteiger partial charge in [0.15, 0.2) is 0 Å². The topological polar surface area (TPSA) is 65.1 Å². The number of rotatable bonds is 5. The summed E-state index contributed by atoms with van der Waals surface area (Å²) in [6.45, 7) is 5.89. The lowest BCUT2D eigenvalue weighted by Gasteiger charge is -2.03. The van der Waals surface area contributed by atoms with Crippen molar-refractivity contribution in [3.63, 3.8) is 0 Å². The molecule has 0 aliphatic carbocycles. The molecule has 88 valence electrons. The largest absolute Gasteiger partial charge is 0.465 e. The number of hydrogen-bond donors (Lipinski definition) is 0. The van der Waals surface area contributed by atoms with Gasteiger partial charge in [-0.1, -0.05) is 6.58 Å². The number of ether oxygens (including phenoxy) is 3. The average molecular weight is 226 g/mol. The van der Waals surface area contributed by atoms with Gasteiger partial charge in [-0.2, -0.15) is 0 Å². The molecule has 5 nitrogen and oxygen atoms in total. The van der Waals surface area contributed by atoms with E-state index in [4.69, 9.17) is 9.47 Å². The highest BCUT2D eigenvalue weighted by molar-refractivity contribution is 5.95. The van der Waals surface area contributed by atoms with Crippen molar-refractivity contribution >= 4 is 11.9 Å². The van der Waals surface area contributed by atoms with E-state index < -0.39 is 11.9 Å². The fourth-order valence-corrected chi connectivity index (χ4v) is 0.957. The molecule has 0 aromatic heterocycles. The van der Waals surface area contributed by atoms with Gasteiger partial charge >= 0.3 is 11.9 Å². The van der Waals surface area contributed by atoms with Crippen LogP contribution >= 0.6 is 0 Å². The molecule has 0 amide bonds. The first-order chi connectivity index (χ1) is 7.54. The van der Waals surface area contributed by atoms with E-state index in [0.29, 0.717) is 12.2 Å². The summed E-state index contributed by atoms with van der Waals surface area (Å²) in [6, 6.07) is 0. The standard InChI is InChI=1S/C11H14O5/c1-7(10(12)14-3)4-8(2)11(13)16-6-9-5-15-9/h4,9H,1,5-6H2,2-3H3/b8-4+. The van der Waals surface area contributed by atoms with Crippen molar-refractivity contribution in [3.05, 3.63) is 23.8 Å². The monoisotopic (exact) mass is 226 g/mol. The van der Waals surface area contributed by atoms with E-state index >= 15 is 0 Å². The summed E-state index contributed by atoms with van der Waals surface area (Å²) in [6.07, 6.45) is 1.36. The van der Waals surface area contributed by atoms with Gasteiger partial charge in [0.05, 0.1) is 19.3 Å². The molecule has 0 aromatic carbocycles. The summed E-state index contributed by atoms with van der Waals surface area (Å²) in [7, 11) is 1.25. The van der Waals surface area contributed by atoms with Crippen molar-refractivity contribution in [2.45, 2.75) is 13.0 Å². The lowest BCUT2D eigenvalue weighted by molar-refractivity contribution is -0.139. The van der Waals surface area contributed by atoms with Gasteiger partial charge in [0.2, 0.25) is 0 Å². The van der Waals surface area contributed by atoms with Crippen LogP contribution in [0.1, 0.15) is 6.92 Å². The molecule has 0 spiro atoms. The second-order valence-corrected chi connectivity index (χ2v) is 3.40. The fourth-order valence-electron chi connectivity index (χ4n) is 0.957. The molecule has 0 N–H and O–H groups in total.